The molecule has 6 aromatic rings. The number of rotatable bonds is 7. The van der Waals surface area contributed by atoms with E-state index in [4.69, 9.17) is 9.97 Å². The van der Waals surface area contributed by atoms with Crippen LogP contribution in [0.3, 0.4) is 0 Å². The Morgan fingerprint density at radius 1 is 0.865 bits per heavy atom. The summed E-state index contributed by atoms with van der Waals surface area (Å²) < 4.78 is 1.77. The maximum atomic E-state index is 5.01. The molecule has 0 unspecified atom stereocenters. The Kier molecular flexibility index (Phi) is 6.04. The minimum Gasteiger partial charge on any atom is -0.340 e. The van der Waals surface area contributed by atoms with Gasteiger partial charge in [-0.25, -0.2) is 14.5 Å². The van der Waals surface area contributed by atoms with E-state index in [2.05, 4.69) is 57.1 Å². The number of hydrogen-bond acceptors (Lipinski definition) is 6. The Labute approximate surface area is 215 Å². The fourth-order valence-electron chi connectivity index (χ4n) is 4.56. The summed E-state index contributed by atoms with van der Waals surface area (Å²) in [6, 6.07) is 24.4. The van der Waals surface area contributed by atoms with Crippen LogP contribution < -0.4 is 0 Å². The van der Waals surface area contributed by atoms with Crippen molar-refractivity contribution in [2.75, 3.05) is 0 Å². The van der Waals surface area contributed by atoms with Gasteiger partial charge in [0.25, 0.3) is 0 Å². The molecule has 1 aromatic carbocycles. The summed E-state index contributed by atoms with van der Waals surface area (Å²) in [6.45, 7) is 3.39. The van der Waals surface area contributed by atoms with Gasteiger partial charge >= 0.3 is 0 Å². The van der Waals surface area contributed by atoms with E-state index < -0.39 is 0 Å². The van der Waals surface area contributed by atoms with Crippen molar-refractivity contribution in [1.29, 1.82) is 0 Å². The van der Waals surface area contributed by atoms with Gasteiger partial charge < -0.3 is 9.79 Å². The predicted molar refractivity (Wildman–Crippen MR) is 146 cm³/mol. The lowest BCUT2D eigenvalue weighted by molar-refractivity contribution is 0.433. The zero-order valence-corrected chi connectivity index (χ0v) is 20.7. The number of fused-ring (bicyclic) bond motifs is 1. The number of aromatic amines is 1. The van der Waals surface area contributed by atoms with Crippen molar-refractivity contribution < 1.29 is 0 Å². The van der Waals surface area contributed by atoms with Crippen molar-refractivity contribution >= 4 is 13.6 Å². The van der Waals surface area contributed by atoms with Gasteiger partial charge in [-0.05, 0) is 48.9 Å². The van der Waals surface area contributed by atoms with Crippen LogP contribution in [0, 0.1) is 6.92 Å². The number of nitrogens with zero attached hydrogens (tertiary/aromatic N) is 7. The fourth-order valence-corrected chi connectivity index (χ4v) is 4.56. The summed E-state index contributed by atoms with van der Waals surface area (Å²) in [7, 11) is 2.10. The first-order valence-corrected chi connectivity index (χ1v) is 12.1. The molecule has 9 heteroatoms. The van der Waals surface area contributed by atoms with Crippen LogP contribution in [0.5, 0.6) is 0 Å². The highest BCUT2D eigenvalue weighted by atomic mass is 15.3. The molecule has 0 radical (unpaired) electrons. The highest BCUT2D eigenvalue weighted by Gasteiger charge is 2.18. The number of H-pyrrole nitrogens is 1. The van der Waals surface area contributed by atoms with E-state index in [9.17, 15) is 0 Å². The zero-order chi connectivity index (χ0) is 25.2. The number of benzene rings is 1. The van der Waals surface area contributed by atoms with Crippen molar-refractivity contribution in [2.45, 2.75) is 20.0 Å². The molecule has 6 rings (SSSR count). The third-order valence-corrected chi connectivity index (χ3v) is 6.26. The molecule has 180 valence electrons. The van der Waals surface area contributed by atoms with Crippen LogP contribution in [-0.2, 0) is 13.1 Å². The second kappa shape index (κ2) is 9.79. The average molecular weight is 484 g/mol. The Hall–Kier alpha value is -4.63. The van der Waals surface area contributed by atoms with Crippen molar-refractivity contribution in [3.05, 3.63) is 109 Å². The van der Waals surface area contributed by atoms with Crippen LogP contribution in [0.2, 0.25) is 0 Å². The molecule has 0 spiro atoms. The molecule has 0 saturated heterocycles. The first kappa shape index (κ1) is 22.8. The third-order valence-electron chi connectivity index (χ3n) is 6.26. The number of aryl methyl sites for hydroxylation is 1. The quantitative estimate of drug-likeness (QED) is 0.344. The molecule has 0 bridgehead atoms. The molecule has 0 saturated carbocycles. The molecule has 0 fully saturated rings. The van der Waals surface area contributed by atoms with E-state index in [1.165, 1.54) is 5.56 Å². The second-order valence-corrected chi connectivity index (χ2v) is 9.10. The van der Waals surface area contributed by atoms with E-state index in [-0.39, 0.29) is 0 Å². The number of nitrogens with one attached hydrogen (secondary N) is 1. The van der Waals surface area contributed by atoms with Gasteiger partial charge in [0.1, 0.15) is 17.8 Å². The molecule has 5 aromatic heterocycles. The van der Waals surface area contributed by atoms with E-state index in [0.29, 0.717) is 6.54 Å². The molecule has 5 heterocycles. The Balaban J connectivity index is 1.33. The van der Waals surface area contributed by atoms with Crippen molar-refractivity contribution in [3.63, 3.8) is 0 Å². The molecule has 0 aliphatic heterocycles. The van der Waals surface area contributed by atoms with Crippen LogP contribution in [0.25, 0.3) is 39.5 Å². The molecule has 37 heavy (non-hydrogen) atoms. The molecule has 8 nitrogen and oxygen atoms in total. The average Bonchev–Trinajstić information content (AvgIpc) is 3.56. The van der Waals surface area contributed by atoms with Gasteiger partial charge in [0.05, 0.1) is 17.1 Å². The summed E-state index contributed by atoms with van der Waals surface area (Å²) >= 11 is 0. The topological polar surface area (TPSA) is 87.9 Å². The lowest BCUT2D eigenvalue weighted by Gasteiger charge is -2.18. The Morgan fingerprint density at radius 2 is 1.73 bits per heavy atom. The van der Waals surface area contributed by atoms with Gasteiger partial charge in [0.15, 0.2) is 13.6 Å². The predicted octanol–water partition coefficient (Wildman–Crippen LogP) is 4.10. The smallest absolute Gasteiger partial charge is 0.186 e. The largest absolute Gasteiger partial charge is 0.340 e. The summed E-state index contributed by atoms with van der Waals surface area (Å²) in [5.74, 6) is 0.866. The van der Waals surface area contributed by atoms with Crippen molar-refractivity contribution in [3.8, 4) is 33.9 Å². The fraction of sp³-hybridized carbons (Fsp3) is 0.107. The molecular weight excluding hydrogens is 459 g/mol. The molecule has 1 N–H and O–H groups in total. The molecule has 0 atom stereocenters. The van der Waals surface area contributed by atoms with E-state index in [1.807, 2.05) is 67.8 Å². The number of hydrogen-bond donors (Lipinski definition) is 1. The Morgan fingerprint density at radius 3 is 2.59 bits per heavy atom. The monoisotopic (exact) mass is 484 g/mol. The second-order valence-electron chi connectivity index (χ2n) is 9.10. The molecular formula is C28H25BN8. The summed E-state index contributed by atoms with van der Waals surface area (Å²) in [5.41, 5.74) is 8.61. The van der Waals surface area contributed by atoms with Gasteiger partial charge in [-0.1, -0.05) is 36.4 Å². The van der Waals surface area contributed by atoms with Gasteiger partial charge in [-0.3, -0.25) is 9.97 Å². The normalized spacial score (nSPS) is 11.4. The minimum atomic E-state index is 0.640. The highest BCUT2D eigenvalue weighted by Crippen LogP contribution is 2.30. The lowest BCUT2D eigenvalue weighted by atomic mass is 10.0. The van der Waals surface area contributed by atoms with Gasteiger partial charge in [0.2, 0.25) is 0 Å². The van der Waals surface area contributed by atoms with Gasteiger partial charge in [-0.15, -0.1) is 0 Å². The maximum Gasteiger partial charge on any atom is 0.186 e. The minimum absolute atomic E-state index is 0.640. The molecule has 0 aliphatic carbocycles. The van der Waals surface area contributed by atoms with E-state index in [1.54, 1.807) is 10.8 Å². The Bertz CT molecular complexity index is 1670. The van der Waals surface area contributed by atoms with E-state index >= 15 is 0 Å². The van der Waals surface area contributed by atoms with Crippen molar-refractivity contribution in [2.24, 2.45) is 0 Å². The van der Waals surface area contributed by atoms with Crippen molar-refractivity contribution in [1.82, 2.24) is 39.3 Å². The summed E-state index contributed by atoms with van der Waals surface area (Å²) in [4.78, 5) is 24.4. The first-order valence-electron chi connectivity index (χ1n) is 12.1. The van der Waals surface area contributed by atoms with Crippen LogP contribution >= 0.6 is 0 Å². The third kappa shape index (κ3) is 4.77. The van der Waals surface area contributed by atoms with E-state index in [0.717, 1.165) is 57.6 Å². The molecule has 0 aliphatic rings. The van der Waals surface area contributed by atoms with Gasteiger partial charge in [-0.2, -0.15) is 5.10 Å². The van der Waals surface area contributed by atoms with Crippen LogP contribution in [-0.4, -0.2) is 47.3 Å². The molecule has 0 amide bonds. The van der Waals surface area contributed by atoms with Gasteiger partial charge in [0, 0.05) is 42.3 Å². The maximum absolute atomic E-state index is 5.01. The summed E-state index contributed by atoms with van der Waals surface area (Å²) in [5, 5.41) is 4.30. The summed E-state index contributed by atoms with van der Waals surface area (Å²) in [6.07, 6.45) is 5.35. The zero-order valence-electron chi connectivity index (χ0n) is 20.7. The van der Waals surface area contributed by atoms with Crippen LogP contribution in [0.15, 0.2) is 91.5 Å². The standard InChI is InChI=1S/C28H25BN8/c1-19-7-6-11-24(33-19)28-27(21-12-13-26-31-18-32-37(26)16-21)34-25(35-28)17-36(29)15-20-8-2-3-9-22(20)23-10-4-5-14-30-23/h2-14,16,18H,15,17,29H2,1H3,(H,34,35). The number of pyridine rings is 3. The van der Waals surface area contributed by atoms with Crippen LogP contribution in [0.4, 0.5) is 0 Å². The number of aromatic nitrogens is 7. The lowest BCUT2D eigenvalue weighted by Crippen LogP contribution is -2.20. The number of imidazole rings is 1. The SMILES string of the molecule is BN(Cc1nc(-c2cccc(C)n2)c(-c2ccc3ncnn3c2)[nH]1)Cc1ccccc1-c1ccccn1. The highest BCUT2D eigenvalue weighted by molar-refractivity contribution is 6.04. The first-order chi connectivity index (χ1) is 18.1. The van der Waals surface area contributed by atoms with Crippen LogP contribution in [0.1, 0.15) is 17.1 Å².